The van der Waals surface area contributed by atoms with Gasteiger partial charge in [-0.1, -0.05) is 65.8 Å². The van der Waals surface area contributed by atoms with E-state index in [0.717, 1.165) is 16.8 Å². The molecule has 0 fully saturated rings. The van der Waals surface area contributed by atoms with Crippen molar-refractivity contribution in [2.24, 2.45) is 0 Å². The summed E-state index contributed by atoms with van der Waals surface area (Å²) in [4.78, 5) is 0. The normalized spacial score (nSPS) is 11.9. The lowest BCUT2D eigenvalue weighted by molar-refractivity contribution is 0.174. The van der Waals surface area contributed by atoms with E-state index in [1.807, 2.05) is 84.9 Å². The first-order valence-electron chi connectivity index (χ1n) is 9.34. The van der Waals surface area contributed by atoms with Gasteiger partial charge in [0.1, 0.15) is 5.75 Å². The Kier molecular flexibility index (Phi) is 5.89. The van der Waals surface area contributed by atoms with Gasteiger partial charge in [0.05, 0.1) is 11.8 Å². The van der Waals surface area contributed by atoms with Crippen LogP contribution in [0.4, 0.5) is 0 Å². The maximum atomic E-state index is 10.3. The average molecular weight is 387 g/mol. The summed E-state index contributed by atoms with van der Waals surface area (Å²) in [6.45, 7) is 1.06. The van der Waals surface area contributed by atoms with E-state index >= 15 is 0 Å². The molecule has 4 rings (SSSR count). The lowest BCUT2D eigenvalue weighted by atomic mass is 10.1. The largest absolute Gasteiger partial charge is 0.423 e. The highest BCUT2D eigenvalue weighted by Crippen LogP contribution is 2.22. The number of nitrogens with zero attached hydrogens (tertiary/aromatic N) is 4. The van der Waals surface area contributed by atoms with Gasteiger partial charge in [-0.3, -0.25) is 0 Å². The molecule has 0 radical (unpaired) electrons. The van der Waals surface area contributed by atoms with Crippen molar-refractivity contribution in [1.29, 1.82) is 0 Å². The molecule has 0 saturated heterocycles. The zero-order valence-corrected chi connectivity index (χ0v) is 15.7. The first-order chi connectivity index (χ1) is 14.3. The van der Waals surface area contributed by atoms with Gasteiger partial charge in [-0.25, -0.2) is 0 Å². The van der Waals surface area contributed by atoms with Crippen LogP contribution in [0.25, 0.3) is 5.69 Å². The fraction of sp³-hybridized carbons (Fsp3) is 0.136. The number of hydrogen-bond donors (Lipinski definition) is 2. The van der Waals surface area contributed by atoms with Crippen molar-refractivity contribution in [3.63, 3.8) is 0 Å². The van der Waals surface area contributed by atoms with Crippen molar-refractivity contribution in [3.05, 3.63) is 96.1 Å². The third kappa shape index (κ3) is 4.84. The summed E-state index contributed by atoms with van der Waals surface area (Å²) in [5.74, 6) is 0.639. The van der Waals surface area contributed by atoms with E-state index in [1.54, 1.807) is 4.68 Å². The molecule has 1 unspecified atom stereocenters. The highest BCUT2D eigenvalue weighted by atomic mass is 16.5. The van der Waals surface area contributed by atoms with E-state index in [1.165, 1.54) is 0 Å². The van der Waals surface area contributed by atoms with Crippen molar-refractivity contribution in [1.82, 2.24) is 25.5 Å². The molecule has 0 aliphatic carbocycles. The third-order valence-corrected chi connectivity index (χ3v) is 4.40. The van der Waals surface area contributed by atoms with Gasteiger partial charge >= 0.3 is 6.01 Å². The molecule has 0 spiro atoms. The first-order valence-corrected chi connectivity index (χ1v) is 9.34. The van der Waals surface area contributed by atoms with Crippen molar-refractivity contribution >= 4 is 0 Å². The molecular formula is C22H21N5O2. The molecule has 146 valence electrons. The van der Waals surface area contributed by atoms with Crippen LogP contribution in [-0.2, 0) is 6.54 Å². The Balaban J connectivity index is 1.38. The predicted molar refractivity (Wildman–Crippen MR) is 109 cm³/mol. The van der Waals surface area contributed by atoms with Crippen LogP contribution in [0, 0.1) is 0 Å². The Hall–Kier alpha value is -3.55. The van der Waals surface area contributed by atoms with Gasteiger partial charge < -0.3 is 15.2 Å². The molecule has 0 saturated carbocycles. The first kappa shape index (κ1) is 18.8. The second-order valence-corrected chi connectivity index (χ2v) is 6.52. The van der Waals surface area contributed by atoms with Gasteiger partial charge in [0.2, 0.25) is 0 Å². The number of ether oxygens (including phenoxy) is 1. The Morgan fingerprint density at radius 1 is 0.931 bits per heavy atom. The molecule has 7 heteroatoms. The highest BCUT2D eigenvalue weighted by Gasteiger charge is 2.11. The predicted octanol–water partition coefficient (Wildman–Crippen LogP) is 3.28. The van der Waals surface area contributed by atoms with Crippen LogP contribution in [0.15, 0.2) is 84.9 Å². The number of rotatable bonds is 8. The number of tetrazole rings is 1. The molecule has 3 aromatic carbocycles. The maximum Gasteiger partial charge on any atom is 0.345 e. The van der Waals surface area contributed by atoms with Crippen LogP contribution in [0.1, 0.15) is 17.2 Å². The molecule has 4 aromatic rings. The number of aromatic nitrogens is 4. The molecule has 1 aromatic heterocycles. The van der Waals surface area contributed by atoms with E-state index < -0.39 is 6.10 Å². The summed E-state index contributed by atoms with van der Waals surface area (Å²) < 4.78 is 7.43. The SMILES string of the molecule is OC(CNCc1cccc(Oc2nnnn2-c2ccccc2)c1)c1ccccc1. The average Bonchev–Trinajstić information content (AvgIpc) is 3.23. The minimum absolute atomic E-state index is 0.292. The molecule has 29 heavy (non-hydrogen) atoms. The lowest BCUT2D eigenvalue weighted by Gasteiger charge is -2.12. The van der Waals surface area contributed by atoms with Gasteiger partial charge in [0.15, 0.2) is 0 Å². The number of para-hydroxylation sites is 1. The zero-order chi connectivity index (χ0) is 19.9. The Bertz CT molecular complexity index is 1040. The number of aliphatic hydroxyl groups excluding tert-OH is 1. The van der Waals surface area contributed by atoms with Crippen LogP contribution in [0.3, 0.4) is 0 Å². The lowest BCUT2D eigenvalue weighted by Crippen LogP contribution is -2.21. The second kappa shape index (κ2) is 9.09. The minimum Gasteiger partial charge on any atom is -0.423 e. The summed E-state index contributed by atoms with van der Waals surface area (Å²) in [6.07, 6.45) is -0.550. The van der Waals surface area contributed by atoms with E-state index in [0.29, 0.717) is 24.8 Å². The van der Waals surface area contributed by atoms with Crippen LogP contribution in [-0.4, -0.2) is 31.9 Å². The Labute approximate surface area is 168 Å². The fourth-order valence-electron chi connectivity index (χ4n) is 2.94. The second-order valence-electron chi connectivity index (χ2n) is 6.52. The highest BCUT2D eigenvalue weighted by molar-refractivity contribution is 5.34. The van der Waals surface area contributed by atoms with Crippen molar-refractivity contribution < 1.29 is 9.84 Å². The van der Waals surface area contributed by atoms with E-state index in [9.17, 15) is 5.11 Å². The van der Waals surface area contributed by atoms with Gasteiger partial charge in [-0.15, -0.1) is 0 Å². The minimum atomic E-state index is -0.550. The van der Waals surface area contributed by atoms with Crippen LogP contribution in [0.2, 0.25) is 0 Å². The molecule has 7 nitrogen and oxygen atoms in total. The van der Waals surface area contributed by atoms with Gasteiger partial charge in [-0.05, 0) is 45.8 Å². The van der Waals surface area contributed by atoms with Crippen LogP contribution in [0.5, 0.6) is 11.8 Å². The van der Waals surface area contributed by atoms with Crippen LogP contribution < -0.4 is 10.1 Å². The Morgan fingerprint density at radius 3 is 2.48 bits per heavy atom. The summed E-state index contributed by atoms with van der Waals surface area (Å²) in [7, 11) is 0. The van der Waals surface area contributed by atoms with Crippen molar-refractivity contribution in [2.75, 3.05) is 6.54 Å². The molecule has 0 bridgehead atoms. The van der Waals surface area contributed by atoms with Gasteiger partial charge in [0, 0.05) is 13.1 Å². The Morgan fingerprint density at radius 2 is 1.69 bits per heavy atom. The molecule has 0 amide bonds. The number of hydrogen-bond acceptors (Lipinski definition) is 6. The molecular weight excluding hydrogens is 366 g/mol. The van der Waals surface area contributed by atoms with E-state index in [-0.39, 0.29) is 0 Å². The third-order valence-electron chi connectivity index (χ3n) is 4.40. The topological polar surface area (TPSA) is 85.1 Å². The van der Waals surface area contributed by atoms with Crippen molar-refractivity contribution in [3.8, 4) is 17.4 Å². The van der Waals surface area contributed by atoms with E-state index in [2.05, 4.69) is 20.8 Å². The molecule has 2 N–H and O–H groups in total. The van der Waals surface area contributed by atoms with Crippen LogP contribution >= 0.6 is 0 Å². The summed E-state index contributed by atoms with van der Waals surface area (Å²) in [5.41, 5.74) is 2.74. The zero-order valence-electron chi connectivity index (χ0n) is 15.7. The standard InChI is InChI=1S/C22H21N5O2/c28-21(18-9-3-1-4-10-18)16-23-15-17-8-7-13-20(14-17)29-22-24-25-26-27(22)19-11-5-2-6-12-19/h1-14,21,23,28H,15-16H2. The number of aliphatic hydroxyl groups is 1. The monoisotopic (exact) mass is 387 g/mol. The molecule has 1 atom stereocenters. The number of benzene rings is 3. The maximum absolute atomic E-state index is 10.3. The smallest absolute Gasteiger partial charge is 0.345 e. The molecule has 1 heterocycles. The van der Waals surface area contributed by atoms with Gasteiger partial charge in [-0.2, -0.15) is 4.68 Å². The van der Waals surface area contributed by atoms with Crippen molar-refractivity contribution in [2.45, 2.75) is 12.6 Å². The van der Waals surface area contributed by atoms with Gasteiger partial charge in [0.25, 0.3) is 0 Å². The quantitative estimate of drug-likeness (QED) is 0.483. The number of nitrogens with one attached hydrogen (secondary N) is 1. The summed E-state index contributed by atoms with van der Waals surface area (Å²) >= 11 is 0. The fourth-order valence-corrected chi connectivity index (χ4v) is 2.94. The molecule has 0 aliphatic rings. The molecule has 0 aliphatic heterocycles. The van der Waals surface area contributed by atoms with E-state index in [4.69, 9.17) is 4.74 Å². The summed E-state index contributed by atoms with van der Waals surface area (Å²) in [5, 5.41) is 25.2. The summed E-state index contributed by atoms with van der Waals surface area (Å²) in [6, 6.07) is 27.1.